The van der Waals surface area contributed by atoms with Crippen LogP contribution in [0.25, 0.3) is 0 Å². The lowest BCUT2D eigenvalue weighted by Crippen LogP contribution is -2.53. The number of hydrogen-bond acceptors (Lipinski definition) is 6. The summed E-state index contributed by atoms with van der Waals surface area (Å²) in [5, 5.41) is 8.40. The molecule has 1 saturated heterocycles. The van der Waals surface area contributed by atoms with Crippen LogP contribution in [0, 0.1) is 6.92 Å². The van der Waals surface area contributed by atoms with Crippen molar-refractivity contribution in [1.82, 2.24) is 10.2 Å². The summed E-state index contributed by atoms with van der Waals surface area (Å²) in [6.07, 6.45) is 1.03. The highest BCUT2D eigenvalue weighted by Crippen LogP contribution is 2.39. The van der Waals surface area contributed by atoms with Crippen molar-refractivity contribution in [3.05, 3.63) is 40.8 Å². The van der Waals surface area contributed by atoms with Crippen LogP contribution in [0.2, 0.25) is 0 Å². The number of fused-ring (bicyclic) bond motifs is 2. The molecule has 1 aromatic heterocycles. The summed E-state index contributed by atoms with van der Waals surface area (Å²) in [5.74, 6) is 1.09. The van der Waals surface area contributed by atoms with E-state index in [1.165, 1.54) is 15.4 Å². The Kier molecular flexibility index (Phi) is 5.24. The number of nitrogens with one attached hydrogen (secondary N) is 2. The van der Waals surface area contributed by atoms with Crippen LogP contribution in [-0.4, -0.2) is 49.6 Å². The fourth-order valence-electron chi connectivity index (χ4n) is 3.57. The van der Waals surface area contributed by atoms with E-state index in [0.717, 1.165) is 56.5 Å². The van der Waals surface area contributed by atoms with E-state index in [1.807, 2.05) is 6.92 Å². The summed E-state index contributed by atoms with van der Waals surface area (Å²) >= 11 is 1.80. The highest BCUT2D eigenvalue weighted by atomic mass is 32.1. The molecule has 3 heterocycles. The highest BCUT2D eigenvalue weighted by molar-refractivity contribution is 7.16. The van der Waals surface area contributed by atoms with E-state index in [4.69, 9.17) is 9.73 Å². The zero-order valence-electron chi connectivity index (χ0n) is 15.4. The number of nitrogens with zero attached hydrogens (tertiary/aromatic N) is 2. The van der Waals surface area contributed by atoms with Crippen molar-refractivity contribution in [1.29, 1.82) is 0 Å². The van der Waals surface area contributed by atoms with E-state index < -0.39 is 0 Å². The molecule has 0 bridgehead atoms. The largest absolute Gasteiger partial charge is 0.382 e. The smallest absolute Gasteiger partial charge is 0.139 e. The number of para-hydroxylation sites is 2. The number of anilines is 2. The average molecular weight is 371 g/mol. The van der Waals surface area contributed by atoms with Gasteiger partial charge in [-0.2, -0.15) is 0 Å². The molecule has 0 radical (unpaired) electrons. The molecule has 5 nitrogen and oxygen atoms in total. The molecular formula is C20H26N4OS. The maximum atomic E-state index is 5.55. The minimum Gasteiger partial charge on any atom is -0.382 e. The van der Waals surface area contributed by atoms with Crippen molar-refractivity contribution in [2.24, 2.45) is 4.99 Å². The van der Waals surface area contributed by atoms with Crippen LogP contribution in [0.4, 0.5) is 16.4 Å². The Morgan fingerprint density at radius 3 is 3.12 bits per heavy atom. The lowest BCUT2D eigenvalue weighted by atomic mass is 10.1. The normalized spacial score (nSPS) is 19.2. The fourth-order valence-corrected chi connectivity index (χ4v) is 4.49. The van der Waals surface area contributed by atoms with Gasteiger partial charge in [-0.1, -0.05) is 12.1 Å². The summed E-state index contributed by atoms with van der Waals surface area (Å²) in [7, 11) is 0. The van der Waals surface area contributed by atoms with Crippen molar-refractivity contribution < 1.29 is 4.74 Å². The van der Waals surface area contributed by atoms with Gasteiger partial charge in [0.15, 0.2) is 0 Å². The molecule has 2 aliphatic heterocycles. The van der Waals surface area contributed by atoms with Gasteiger partial charge in [-0.15, -0.1) is 11.3 Å². The molecule has 2 aromatic rings. The van der Waals surface area contributed by atoms with Crippen LogP contribution in [-0.2, 0) is 4.74 Å². The minimum absolute atomic E-state index is 0.438. The number of piperazine rings is 1. The first-order chi connectivity index (χ1) is 12.7. The lowest BCUT2D eigenvalue weighted by Gasteiger charge is -2.35. The number of hydrogen-bond donors (Lipinski definition) is 2. The van der Waals surface area contributed by atoms with E-state index in [1.54, 1.807) is 11.3 Å². The number of amidine groups is 1. The molecule has 1 fully saturated rings. The van der Waals surface area contributed by atoms with Gasteiger partial charge in [0.05, 0.1) is 16.9 Å². The van der Waals surface area contributed by atoms with Crippen LogP contribution in [0.1, 0.15) is 23.8 Å². The fraction of sp³-hybridized carbons (Fsp3) is 0.450. The maximum Gasteiger partial charge on any atom is 0.139 e. The molecule has 1 aromatic carbocycles. The van der Waals surface area contributed by atoms with Crippen molar-refractivity contribution in [2.45, 2.75) is 26.3 Å². The van der Waals surface area contributed by atoms with Gasteiger partial charge in [-0.05, 0) is 38.5 Å². The van der Waals surface area contributed by atoms with E-state index >= 15 is 0 Å². The molecule has 0 spiro atoms. The van der Waals surface area contributed by atoms with E-state index in [9.17, 15) is 0 Å². The van der Waals surface area contributed by atoms with Gasteiger partial charge in [0, 0.05) is 43.8 Å². The third-order valence-electron chi connectivity index (χ3n) is 4.84. The highest BCUT2D eigenvalue weighted by Gasteiger charge is 2.27. The van der Waals surface area contributed by atoms with E-state index in [0.29, 0.717) is 6.04 Å². The Labute approximate surface area is 159 Å². The molecule has 6 heteroatoms. The molecule has 2 aliphatic rings. The SMILES string of the molecule is CCOCC[C@H]1CN(C2=Nc3ccccc3Nc3sc(C)cc32)CCN1. The van der Waals surface area contributed by atoms with Crippen LogP contribution in [0.15, 0.2) is 35.3 Å². The molecule has 138 valence electrons. The van der Waals surface area contributed by atoms with Gasteiger partial charge in [-0.3, -0.25) is 0 Å². The summed E-state index contributed by atoms with van der Waals surface area (Å²) in [4.78, 5) is 8.81. The molecule has 0 aliphatic carbocycles. The van der Waals surface area contributed by atoms with E-state index in [-0.39, 0.29) is 0 Å². The Balaban J connectivity index is 1.64. The number of ether oxygens (including phenoxy) is 1. The molecule has 0 amide bonds. The van der Waals surface area contributed by atoms with Gasteiger partial charge in [0.2, 0.25) is 0 Å². The minimum atomic E-state index is 0.438. The summed E-state index contributed by atoms with van der Waals surface area (Å²) in [6.45, 7) is 8.70. The van der Waals surface area contributed by atoms with Gasteiger partial charge >= 0.3 is 0 Å². The second-order valence-electron chi connectivity index (χ2n) is 6.76. The van der Waals surface area contributed by atoms with Gasteiger partial charge in [0.25, 0.3) is 0 Å². The van der Waals surface area contributed by atoms with Crippen molar-refractivity contribution in [3.8, 4) is 0 Å². The number of rotatable bonds is 4. The Morgan fingerprint density at radius 2 is 2.23 bits per heavy atom. The number of benzene rings is 1. The summed E-state index contributed by atoms with van der Waals surface area (Å²) in [6, 6.07) is 11.0. The number of aliphatic imine (C=N–C) groups is 1. The Morgan fingerprint density at radius 1 is 1.35 bits per heavy atom. The quantitative estimate of drug-likeness (QED) is 0.802. The molecule has 0 saturated carbocycles. The van der Waals surface area contributed by atoms with E-state index in [2.05, 4.69) is 52.8 Å². The average Bonchev–Trinajstić information content (AvgIpc) is 2.94. The monoisotopic (exact) mass is 370 g/mol. The molecule has 4 rings (SSSR count). The first-order valence-electron chi connectivity index (χ1n) is 9.36. The topological polar surface area (TPSA) is 48.9 Å². The van der Waals surface area contributed by atoms with Crippen LogP contribution >= 0.6 is 11.3 Å². The molecule has 1 atom stereocenters. The van der Waals surface area contributed by atoms with Crippen LogP contribution in [0.5, 0.6) is 0 Å². The first-order valence-corrected chi connectivity index (χ1v) is 10.2. The standard InChI is InChI=1S/C20H26N4OS/c1-3-25-11-8-15-13-24(10-9-21-15)19-16-12-14(2)26-20(16)23-18-7-5-4-6-17(18)22-19/h4-7,12,15,21,23H,3,8-11,13H2,1-2H3/t15-/m0/s1. The van der Waals surface area contributed by atoms with Gasteiger partial charge < -0.3 is 20.3 Å². The summed E-state index contributed by atoms with van der Waals surface area (Å²) < 4.78 is 5.55. The molecule has 0 unspecified atom stereocenters. The Hall–Kier alpha value is -1.89. The van der Waals surface area contributed by atoms with Gasteiger partial charge in [0.1, 0.15) is 10.8 Å². The van der Waals surface area contributed by atoms with Crippen molar-refractivity contribution in [2.75, 3.05) is 38.2 Å². The van der Waals surface area contributed by atoms with Crippen molar-refractivity contribution >= 4 is 33.5 Å². The molecule has 26 heavy (non-hydrogen) atoms. The van der Waals surface area contributed by atoms with Crippen molar-refractivity contribution in [3.63, 3.8) is 0 Å². The van der Waals surface area contributed by atoms with Crippen LogP contribution < -0.4 is 10.6 Å². The second-order valence-corrected chi connectivity index (χ2v) is 8.02. The van der Waals surface area contributed by atoms with Gasteiger partial charge in [-0.25, -0.2) is 4.99 Å². The first kappa shape index (κ1) is 17.5. The van der Waals surface area contributed by atoms with Crippen LogP contribution in [0.3, 0.4) is 0 Å². The zero-order chi connectivity index (χ0) is 17.9. The number of aryl methyl sites for hydroxylation is 1. The third kappa shape index (κ3) is 3.63. The molecular weight excluding hydrogens is 344 g/mol. The predicted octanol–water partition coefficient (Wildman–Crippen LogP) is 3.89. The number of thiophene rings is 1. The molecule has 2 N–H and O–H groups in total. The second kappa shape index (κ2) is 7.78. The Bertz CT molecular complexity index is 801. The third-order valence-corrected chi connectivity index (χ3v) is 5.81. The maximum absolute atomic E-state index is 5.55. The lowest BCUT2D eigenvalue weighted by molar-refractivity contribution is 0.128. The zero-order valence-corrected chi connectivity index (χ0v) is 16.2. The summed E-state index contributed by atoms with van der Waals surface area (Å²) in [5.41, 5.74) is 3.30. The predicted molar refractivity (Wildman–Crippen MR) is 109 cm³/mol.